The minimum atomic E-state index is -0.748. The highest BCUT2D eigenvalue weighted by Crippen LogP contribution is 2.27. The van der Waals surface area contributed by atoms with Crippen molar-refractivity contribution in [3.8, 4) is 0 Å². The normalized spacial score (nSPS) is 14.3. The Kier molecular flexibility index (Phi) is 2.91. The zero-order valence-electron chi connectivity index (χ0n) is 8.16. The summed E-state index contributed by atoms with van der Waals surface area (Å²) in [4.78, 5) is 10.6. The van der Waals surface area contributed by atoms with Gasteiger partial charge in [0.15, 0.2) is 0 Å². The molecule has 0 aliphatic heterocycles. The van der Waals surface area contributed by atoms with Gasteiger partial charge in [-0.15, -0.1) is 0 Å². The van der Waals surface area contributed by atoms with Crippen molar-refractivity contribution in [3.63, 3.8) is 0 Å². The number of carboxylic acid groups (broad SMARTS) is 1. The zero-order chi connectivity index (χ0) is 10.8. The van der Waals surface area contributed by atoms with Crippen molar-refractivity contribution in [3.05, 3.63) is 39.4 Å². The number of carbonyl (C=O) groups is 1. The van der Waals surface area contributed by atoms with Crippen molar-refractivity contribution in [1.82, 2.24) is 0 Å². The molecule has 0 radical (unpaired) electrons. The highest BCUT2D eigenvalue weighted by molar-refractivity contribution is 9.10. The molecule has 1 aromatic carbocycles. The Morgan fingerprint density at radius 3 is 2.93 bits per heavy atom. The van der Waals surface area contributed by atoms with Crippen molar-refractivity contribution in [1.29, 1.82) is 0 Å². The Hall–Kier alpha value is -1.09. The number of aliphatic carboxylic acids is 1. The number of fused-ring (bicyclic) bond motifs is 1. The van der Waals surface area contributed by atoms with Gasteiger partial charge in [0, 0.05) is 4.47 Å². The molecule has 1 aromatic rings. The average Bonchev–Trinajstić information content (AvgIpc) is 2.17. The maximum absolute atomic E-state index is 10.6. The van der Waals surface area contributed by atoms with E-state index in [2.05, 4.69) is 22.0 Å². The van der Waals surface area contributed by atoms with Gasteiger partial charge in [0.2, 0.25) is 0 Å². The van der Waals surface area contributed by atoms with Crippen LogP contribution in [-0.2, 0) is 11.2 Å². The van der Waals surface area contributed by atoms with Crippen molar-refractivity contribution in [2.75, 3.05) is 0 Å². The van der Waals surface area contributed by atoms with Crippen LogP contribution in [0.1, 0.15) is 24.0 Å². The van der Waals surface area contributed by atoms with Crippen molar-refractivity contribution in [2.45, 2.75) is 19.3 Å². The van der Waals surface area contributed by atoms with Crippen LogP contribution in [0.5, 0.6) is 0 Å². The van der Waals surface area contributed by atoms with E-state index in [1.54, 1.807) is 0 Å². The van der Waals surface area contributed by atoms with Gasteiger partial charge in [-0.2, -0.15) is 0 Å². The first-order valence-electron chi connectivity index (χ1n) is 4.85. The number of halogens is 1. The van der Waals surface area contributed by atoms with Crippen molar-refractivity contribution >= 4 is 28.0 Å². The number of rotatable bonds is 2. The van der Waals surface area contributed by atoms with E-state index in [1.807, 2.05) is 18.2 Å². The van der Waals surface area contributed by atoms with Crippen molar-refractivity contribution < 1.29 is 9.90 Å². The maximum Gasteiger partial charge on any atom is 0.307 e. The molecule has 0 aromatic heterocycles. The summed E-state index contributed by atoms with van der Waals surface area (Å²) >= 11 is 3.43. The lowest BCUT2D eigenvalue weighted by atomic mass is 9.91. The van der Waals surface area contributed by atoms with Crippen LogP contribution in [0.25, 0.3) is 6.08 Å². The number of benzene rings is 1. The molecule has 0 saturated carbocycles. The Morgan fingerprint density at radius 2 is 2.20 bits per heavy atom. The van der Waals surface area contributed by atoms with Gasteiger partial charge < -0.3 is 5.11 Å². The molecule has 1 aliphatic rings. The summed E-state index contributed by atoms with van der Waals surface area (Å²) in [5.74, 6) is -0.748. The number of aryl methyl sites for hydroxylation is 1. The second-order valence-corrected chi connectivity index (χ2v) is 4.63. The Morgan fingerprint density at radius 1 is 1.40 bits per heavy atom. The van der Waals surface area contributed by atoms with E-state index in [0.717, 1.165) is 28.5 Å². The summed E-state index contributed by atoms with van der Waals surface area (Å²) in [5, 5.41) is 8.71. The molecule has 0 atom stereocenters. The van der Waals surface area contributed by atoms with E-state index in [9.17, 15) is 4.79 Å². The molecule has 0 heterocycles. The summed E-state index contributed by atoms with van der Waals surface area (Å²) in [6, 6.07) is 6.11. The molecule has 0 amide bonds. The molecule has 0 saturated heterocycles. The minimum Gasteiger partial charge on any atom is -0.481 e. The zero-order valence-corrected chi connectivity index (χ0v) is 9.75. The third kappa shape index (κ3) is 2.48. The summed E-state index contributed by atoms with van der Waals surface area (Å²) in [5.41, 5.74) is 3.46. The maximum atomic E-state index is 10.6. The fourth-order valence-electron chi connectivity index (χ4n) is 1.85. The molecule has 2 nitrogen and oxygen atoms in total. The minimum absolute atomic E-state index is 0.162. The molecular formula is C12H11BrO2. The van der Waals surface area contributed by atoms with Gasteiger partial charge >= 0.3 is 5.97 Å². The van der Waals surface area contributed by atoms with Gasteiger partial charge in [-0.3, -0.25) is 4.79 Å². The van der Waals surface area contributed by atoms with E-state index < -0.39 is 5.97 Å². The first-order valence-corrected chi connectivity index (χ1v) is 5.64. The van der Waals surface area contributed by atoms with E-state index in [4.69, 9.17) is 5.11 Å². The monoisotopic (exact) mass is 266 g/mol. The van der Waals surface area contributed by atoms with Crippen LogP contribution in [-0.4, -0.2) is 11.1 Å². The third-order valence-electron chi connectivity index (χ3n) is 2.56. The second-order valence-electron chi connectivity index (χ2n) is 3.72. The fourth-order valence-corrected chi connectivity index (χ4v) is 2.26. The van der Waals surface area contributed by atoms with Crippen molar-refractivity contribution in [2.24, 2.45) is 0 Å². The summed E-state index contributed by atoms with van der Waals surface area (Å²) in [6.45, 7) is 0. The molecule has 0 fully saturated rings. The quantitative estimate of drug-likeness (QED) is 0.893. The standard InChI is InChI=1S/C12H11BrO2/c13-11-4-3-9-5-8(6-12(14)15)1-2-10(9)7-11/h3-5,7H,1-2,6H2,(H,14,15). The Bertz CT molecular complexity index is 435. The SMILES string of the molecule is O=C(O)CC1=Cc2ccc(Br)cc2CC1. The predicted octanol–water partition coefficient (Wildman–Crippen LogP) is 3.25. The van der Waals surface area contributed by atoms with Gasteiger partial charge in [-0.05, 0) is 36.1 Å². The Balaban J connectivity index is 2.29. The molecule has 0 unspecified atom stereocenters. The topological polar surface area (TPSA) is 37.3 Å². The number of carboxylic acids is 1. The molecule has 0 bridgehead atoms. The van der Waals surface area contributed by atoms with Crippen LogP contribution < -0.4 is 0 Å². The summed E-state index contributed by atoms with van der Waals surface area (Å²) < 4.78 is 1.08. The summed E-state index contributed by atoms with van der Waals surface area (Å²) in [7, 11) is 0. The first-order chi connectivity index (χ1) is 7.15. The highest BCUT2D eigenvalue weighted by Gasteiger charge is 2.12. The van der Waals surface area contributed by atoms with E-state index in [-0.39, 0.29) is 6.42 Å². The smallest absolute Gasteiger partial charge is 0.307 e. The van der Waals surface area contributed by atoms with E-state index in [1.165, 1.54) is 5.56 Å². The third-order valence-corrected chi connectivity index (χ3v) is 3.05. The average molecular weight is 267 g/mol. The van der Waals surface area contributed by atoms with Crippen LogP contribution in [0.4, 0.5) is 0 Å². The van der Waals surface area contributed by atoms with Gasteiger partial charge in [0.05, 0.1) is 6.42 Å². The lowest BCUT2D eigenvalue weighted by molar-refractivity contribution is -0.136. The molecule has 15 heavy (non-hydrogen) atoms. The van der Waals surface area contributed by atoms with Gasteiger partial charge in [0.25, 0.3) is 0 Å². The molecule has 1 N–H and O–H groups in total. The summed E-state index contributed by atoms with van der Waals surface area (Å²) in [6.07, 6.45) is 3.96. The van der Waals surface area contributed by atoms with Crippen LogP contribution in [0, 0.1) is 0 Å². The molecule has 3 heteroatoms. The number of hydrogen-bond donors (Lipinski definition) is 1. The van der Waals surface area contributed by atoms with Crippen LogP contribution in [0.3, 0.4) is 0 Å². The highest BCUT2D eigenvalue weighted by atomic mass is 79.9. The van der Waals surface area contributed by atoms with Gasteiger partial charge in [-0.1, -0.05) is 33.6 Å². The predicted molar refractivity (Wildman–Crippen MR) is 62.7 cm³/mol. The van der Waals surface area contributed by atoms with Crippen LogP contribution in [0.15, 0.2) is 28.2 Å². The molecule has 2 rings (SSSR count). The second kappa shape index (κ2) is 4.19. The lowest BCUT2D eigenvalue weighted by Crippen LogP contribution is -2.03. The van der Waals surface area contributed by atoms with E-state index in [0.29, 0.717) is 0 Å². The molecule has 1 aliphatic carbocycles. The largest absolute Gasteiger partial charge is 0.481 e. The van der Waals surface area contributed by atoms with Crippen LogP contribution >= 0.6 is 15.9 Å². The molecular weight excluding hydrogens is 256 g/mol. The van der Waals surface area contributed by atoms with Gasteiger partial charge in [0.1, 0.15) is 0 Å². The van der Waals surface area contributed by atoms with Gasteiger partial charge in [-0.25, -0.2) is 0 Å². The Labute approximate surface area is 96.7 Å². The first kappa shape index (κ1) is 10.4. The molecule has 0 spiro atoms. The molecule has 78 valence electrons. The lowest BCUT2D eigenvalue weighted by Gasteiger charge is -2.15. The van der Waals surface area contributed by atoms with Crippen LogP contribution in [0.2, 0.25) is 0 Å². The van der Waals surface area contributed by atoms with E-state index >= 15 is 0 Å². The number of hydrogen-bond acceptors (Lipinski definition) is 1. The fraction of sp³-hybridized carbons (Fsp3) is 0.250.